The minimum absolute atomic E-state index is 0.106. The molecule has 1 unspecified atom stereocenters. The highest BCUT2D eigenvalue weighted by Gasteiger charge is 2.39. The fourth-order valence-electron chi connectivity index (χ4n) is 3.81. The molecule has 0 aromatic heterocycles. The second kappa shape index (κ2) is 8.25. The number of benzene rings is 1. The van der Waals surface area contributed by atoms with E-state index in [1.165, 1.54) is 14.2 Å². The zero-order valence-corrected chi connectivity index (χ0v) is 16.6. The first-order valence-corrected chi connectivity index (χ1v) is 9.54. The fourth-order valence-corrected chi connectivity index (χ4v) is 4.12. The van der Waals surface area contributed by atoms with Crippen LogP contribution < -0.4 is 9.47 Å². The van der Waals surface area contributed by atoms with E-state index in [9.17, 15) is 9.59 Å². The van der Waals surface area contributed by atoms with Gasteiger partial charge in [0, 0.05) is 19.1 Å². The number of nitrogens with zero attached hydrogens (tertiary/aromatic N) is 2. The number of cyclic esters (lactones) is 1. The molecule has 2 heterocycles. The van der Waals surface area contributed by atoms with Gasteiger partial charge in [0.2, 0.25) is 0 Å². The standard InChI is InChI=1S/C19H25ClN2O5/c1-4-12-11-27-19(24)22(12)13-7-9-21(10-8-13)18(23)14-5-6-15(25-2)17(26-3)16(14)20/h5-6,12-13H,4,7-11H2,1-3H3. The predicted molar refractivity (Wildman–Crippen MR) is 101 cm³/mol. The maximum atomic E-state index is 12.9. The molecule has 2 aliphatic rings. The van der Waals surface area contributed by atoms with Crippen molar-refractivity contribution < 1.29 is 23.8 Å². The first-order valence-electron chi connectivity index (χ1n) is 9.16. The fraction of sp³-hybridized carbons (Fsp3) is 0.579. The molecule has 27 heavy (non-hydrogen) atoms. The van der Waals surface area contributed by atoms with Gasteiger partial charge >= 0.3 is 6.09 Å². The van der Waals surface area contributed by atoms with Crippen molar-refractivity contribution in [3.8, 4) is 11.5 Å². The zero-order chi connectivity index (χ0) is 19.6. The Morgan fingerprint density at radius 2 is 1.96 bits per heavy atom. The first-order chi connectivity index (χ1) is 13.0. The number of methoxy groups -OCH3 is 2. The van der Waals surface area contributed by atoms with Gasteiger partial charge in [-0.1, -0.05) is 18.5 Å². The summed E-state index contributed by atoms with van der Waals surface area (Å²) < 4.78 is 15.7. The highest BCUT2D eigenvalue weighted by atomic mass is 35.5. The van der Waals surface area contributed by atoms with Crippen molar-refractivity contribution in [3.05, 3.63) is 22.7 Å². The molecule has 2 fully saturated rings. The van der Waals surface area contributed by atoms with Crippen LogP contribution in [0.5, 0.6) is 11.5 Å². The molecule has 0 N–H and O–H groups in total. The number of hydrogen-bond acceptors (Lipinski definition) is 5. The van der Waals surface area contributed by atoms with Crippen LogP contribution in [0.25, 0.3) is 0 Å². The highest BCUT2D eigenvalue weighted by molar-refractivity contribution is 6.35. The van der Waals surface area contributed by atoms with Crippen LogP contribution in [0.2, 0.25) is 5.02 Å². The van der Waals surface area contributed by atoms with E-state index < -0.39 is 0 Å². The van der Waals surface area contributed by atoms with E-state index in [1.807, 2.05) is 4.90 Å². The number of carbonyl (C=O) groups excluding carboxylic acids is 2. The lowest BCUT2D eigenvalue weighted by Crippen LogP contribution is -2.49. The summed E-state index contributed by atoms with van der Waals surface area (Å²) in [5.74, 6) is 0.692. The van der Waals surface area contributed by atoms with Crippen LogP contribution in [0.4, 0.5) is 4.79 Å². The van der Waals surface area contributed by atoms with Crippen molar-refractivity contribution in [2.75, 3.05) is 33.9 Å². The van der Waals surface area contributed by atoms with Gasteiger partial charge in [-0.3, -0.25) is 9.69 Å². The molecule has 2 saturated heterocycles. The molecule has 1 atom stereocenters. The lowest BCUT2D eigenvalue weighted by atomic mass is 10.0. The third-order valence-electron chi connectivity index (χ3n) is 5.34. The van der Waals surface area contributed by atoms with Gasteiger partial charge in [-0.2, -0.15) is 0 Å². The molecule has 8 heteroatoms. The molecule has 0 radical (unpaired) electrons. The van der Waals surface area contributed by atoms with E-state index in [1.54, 1.807) is 17.0 Å². The minimum atomic E-state index is -0.241. The van der Waals surface area contributed by atoms with Gasteiger partial charge in [0.05, 0.1) is 30.8 Å². The molecule has 2 amide bonds. The van der Waals surface area contributed by atoms with Crippen molar-refractivity contribution in [2.45, 2.75) is 38.3 Å². The highest BCUT2D eigenvalue weighted by Crippen LogP contribution is 2.38. The molecular weight excluding hydrogens is 372 g/mol. The summed E-state index contributed by atoms with van der Waals surface area (Å²) in [5.41, 5.74) is 0.389. The number of likely N-dealkylation sites (tertiary alicyclic amines) is 1. The molecule has 0 bridgehead atoms. The van der Waals surface area contributed by atoms with E-state index in [-0.39, 0.29) is 29.1 Å². The van der Waals surface area contributed by atoms with Gasteiger partial charge in [0.1, 0.15) is 6.61 Å². The number of hydrogen-bond donors (Lipinski definition) is 0. The van der Waals surface area contributed by atoms with Crippen LogP contribution in [-0.4, -0.2) is 67.8 Å². The lowest BCUT2D eigenvalue weighted by Gasteiger charge is -2.37. The Labute approximate surface area is 164 Å². The van der Waals surface area contributed by atoms with Crippen LogP contribution in [0.3, 0.4) is 0 Å². The number of amides is 2. The van der Waals surface area contributed by atoms with Gasteiger partial charge in [-0.05, 0) is 31.4 Å². The Morgan fingerprint density at radius 1 is 1.26 bits per heavy atom. The third kappa shape index (κ3) is 3.65. The Morgan fingerprint density at radius 3 is 2.56 bits per heavy atom. The number of ether oxygens (including phenoxy) is 3. The van der Waals surface area contributed by atoms with Crippen molar-refractivity contribution in [2.24, 2.45) is 0 Å². The maximum absolute atomic E-state index is 12.9. The zero-order valence-electron chi connectivity index (χ0n) is 15.9. The van der Waals surface area contributed by atoms with Gasteiger partial charge < -0.3 is 19.1 Å². The van der Waals surface area contributed by atoms with Crippen molar-refractivity contribution in [1.29, 1.82) is 0 Å². The van der Waals surface area contributed by atoms with Crippen LogP contribution in [0.1, 0.15) is 36.5 Å². The number of carbonyl (C=O) groups is 2. The predicted octanol–water partition coefficient (Wildman–Crippen LogP) is 3.19. The van der Waals surface area contributed by atoms with Crippen LogP contribution in [0.15, 0.2) is 12.1 Å². The Kier molecular flexibility index (Phi) is 5.99. The average molecular weight is 397 g/mol. The molecule has 0 spiro atoms. The van der Waals surface area contributed by atoms with Crippen molar-refractivity contribution in [3.63, 3.8) is 0 Å². The second-order valence-corrected chi connectivity index (χ2v) is 7.11. The summed E-state index contributed by atoms with van der Waals surface area (Å²) >= 11 is 6.37. The topological polar surface area (TPSA) is 68.3 Å². The third-order valence-corrected chi connectivity index (χ3v) is 5.71. The molecule has 0 saturated carbocycles. The summed E-state index contributed by atoms with van der Waals surface area (Å²) in [6, 6.07) is 3.57. The van der Waals surface area contributed by atoms with Crippen LogP contribution in [-0.2, 0) is 4.74 Å². The van der Waals surface area contributed by atoms with Crippen LogP contribution >= 0.6 is 11.6 Å². The van der Waals surface area contributed by atoms with E-state index in [4.69, 9.17) is 25.8 Å². The van der Waals surface area contributed by atoms with E-state index >= 15 is 0 Å². The number of piperidine rings is 1. The molecule has 1 aromatic rings. The van der Waals surface area contributed by atoms with Crippen LogP contribution in [0, 0.1) is 0 Å². The molecule has 148 valence electrons. The van der Waals surface area contributed by atoms with Gasteiger partial charge in [0.25, 0.3) is 5.91 Å². The molecule has 1 aromatic carbocycles. The summed E-state index contributed by atoms with van der Waals surface area (Å²) in [6.45, 7) is 3.63. The molecule has 0 aliphatic carbocycles. The maximum Gasteiger partial charge on any atom is 0.410 e. The van der Waals surface area contributed by atoms with E-state index in [0.29, 0.717) is 36.8 Å². The van der Waals surface area contributed by atoms with E-state index in [0.717, 1.165) is 19.3 Å². The van der Waals surface area contributed by atoms with E-state index in [2.05, 4.69) is 6.92 Å². The Bertz CT molecular complexity index is 718. The SMILES string of the molecule is CCC1COC(=O)N1C1CCN(C(=O)c2ccc(OC)c(OC)c2Cl)CC1. The van der Waals surface area contributed by atoms with Gasteiger partial charge in [-0.15, -0.1) is 0 Å². The van der Waals surface area contributed by atoms with Gasteiger partial charge in [0.15, 0.2) is 11.5 Å². The largest absolute Gasteiger partial charge is 0.493 e. The monoisotopic (exact) mass is 396 g/mol. The first kappa shape index (κ1) is 19.6. The molecule has 3 rings (SSSR count). The summed E-state index contributed by atoms with van der Waals surface area (Å²) in [6.07, 6.45) is 2.07. The van der Waals surface area contributed by atoms with Gasteiger partial charge in [-0.25, -0.2) is 4.79 Å². The minimum Gasteiger partial charge on any atom is -0.493 e. The summed E-state index contributed by atoms with van der Waals surface area (Å²) in [5, 5.41) is 0.248. The molecular formula is C19H25ClN2O5. The van der Waals surface area contributed by atoms with Crippen molar-refractivity contribution in [1.82, 2.24) is 9.80 Å². The lowest BCUT2D eigenvalue weighted by molar-refractivity contribution is 0.0635. The average Bonchev–Trinajstić information content (AvgIpc) is 3.07. The molecule has 2 aliphatic heterocycles. The Hall–Kier alpha value is -2.15. The quantitative estimate of drug-likeness (QED) is 0.764. The Balaban J connectivity index is 1.70. The summed E-state index contributed by atoms with van der Waals surface area (Å²) in [7, 11) is 3.01. The summed E-state index contributed by atoms with van der Waals surface area (Å²) in [4.78, 5) is 28.6. The second-order valence-electron chi connectivity index (χ2n) is 6.73. The molecule has 7 nitrogen and oxygen atoms in total. The van der Waals surface area contributed by atoms with Crippen molar-refractivity contribution >= 4 is 23.6 Å². The smallest absolute Gasteiger partial charge is 0.410 e. The number of halogens is 1. The normalized spacial score (nSPS) is 20.6. The number of rotatable bonds is 5.